The van der Waals surface area contributed by atoms with Crippen LogP contribution in [0.5, 0.6) is 0 Å². The van der Waals surface area contributed by atoms with Crippen LogP contribution in [-0.2, 0) is 0 Å². The second-order valence-corrected chi connectivity index (χ2v) is 12.8. The van der Waals surface area contributed by atoms with Gasteiger partial charge in [-0.1, -0.05) is 97.1 Å². The molecule has 0 saturated heterocycles. The van der Waals surface area contributed by atoms with E-state index in [2.05, 4.69) is 54.6 Å². The van der Waals surface area contributed by atoms with E-state index in [-0.39, 0.29) is 0 Å². The van der Waals surface area contributed by atoms with Crippen LogP contribution in [0.2, 0.25) is 0 Å². The molecule has 0 N–H and O–H groups in total. The molecule has 0 atom stereocenters. The molecular formula is C45H25N3O3. The minimum atomic E-state index is 0.531. The lowest BCUT2D eigenvalue weighted by molar-refractivity contribution is 0.668. The predicted molar refractivity (Wildman–Crippen MR) is 203 cm³/mol. The Bertz CT molecular complexity index is 3150. The normalized spacial score (nSPS) is 11.9. The molecule has 0 amide bonds. The van der Waals surface area contributed by atoms with Crippen molar-refractivity contribution in [2.45, 2.75) is 0 Å². The molecule has 0 saturated carbocycles. The molecule has 7 aromatic carbocycles. The maximum Gasteiger partial charge on any atom is 0.167 e. The fourth-order valence-electron chi connectivity index (χ4n) is 7.27. The van der Waals surface area contributed by atoms with Gasteiger partial charge in [-0.2, -0.15) is 0 Å². The summed E-state index contributed by atoms with van der Waals surface area (Å²) in [5, 5.41) is 6.36. The van der Waals surface area contributed by atoms with E-state index in [4.69, 9.17) is 28.2 Å². The largest absolute Gasteiger partial charge is 0.456 e. The molecule has 11 aromatic rings. The van der Waals surface area contributed by atoms with Crippen molar-refractivity contribution in [1.29, 1.82) is 0 Å². The minimum Gasteiger partial charge on any atom is -0.456 e. The number of aromatic nitrogens is 3. The lowest BCUT2D eigenvalue weighted by Gasteiger charge is -2.08. The van der Waals surface area contributed by atoms with Gasteiger partial charge in [0.2, 0.25) is 0 Å². The molecule has 0 aliphatic carbocycles. The van der Waals surface area contributed by atoms with Gasteiger partial charge < -0.3 is 13.3 Å². The van der Waals surface area contributed by atoms with Crippen LogP contribution in [0.4, 0.5) is 0 Å². The van der Waals surface area contributed by atoms with Crippen molar-refractivity contribution in [2.24, 2.45) is 0 Å². The summed E-state index contributed by atoms with van der Waals surface area (Å²) in [6.07, 6.45) is 0. The van der Waals surface area contributed by atoms with Crippen LogP contribution < -0.4 is 0 Å². The quantitative estimate of drug-likeness (QED) is 0.188. The monoisotopic (exact) mass is 655 g/mol. The van der Waals surface area contributed by atoms with Crippen LogP contribution in [0.25, 0.3) is 111 Å². The van der Waals surface area contributed by atoms with E-state index >= 15 is 0 Å². The zero-order valence-electron chi connectivity index (χ0n) is 27.0. The lowest BCUT2D eigenvalue weighted by atomic mass is 10.0. The van der Waals surface area contributed by atoms with Gasteiger partial charge in [0.25, 0.3) is 0 Å². The highest BCUT2D eigenvalue weighted by atomic mass is 16.3. The third-order valence-electron chi connectivity index (χ3n) is 9.75. The van der Waals surface area contributed by atoms with Crippen LogP contribution in [0.1, 0.15) is 0 Å². The zero-order valence-corrected chi connectivity index (χ0v) is 27.0. The Kier molecular flexibility index (Phi) is 5.86. The lowest BCUT2D eigenvalue weighted by Crippen LogP contribution is -2.00. The van der Waals surface area contributed by atoms with Gasteiger partial charge in [-0.15, -0.1) is 0 Å². The van der Waals surface area contributed by atoms with Gasteiger partial charge >= 0.3 is 0 Å². The molecule has 0 aliphatic heterocycles. The Morgan fingerprint density at radius 3 is 1.57 bits per heavy atom. The van der Waals surface area contributed by atoms with Crippen molar-refractivity contribution in [2.75, 3.05) is 0 Å². The summed E-state index contributed by atoms with van der Waals surface area (Å²) < 4.78 is 19.0. The summed E-state index contributed by atoms with van der Waals surface area (Å²) in [5.41, 5.74) is 9.58. The van der Waals surface area contributed by atoms with Crippen molar-refractivity contribution >= 4 is 65.8 Å². The molecule has 6 heteroatoms. The number of benzene rings is 7. The third-order valence-corrected chi connectivity index (χ3v) is 9.75. The number of furan rings is 3. The maximum atomic E-state index is 6.59. The average Bonchev–Trinajstić information content (AvgIpc) is 3.88. The molecule has 0 bridgehead atoms. The Morgan fingerprint density at radius 1 is 0.294 bits per heavy atom. The molecule has 0 radical (unpaired) electrons. The maximum absolute atomic E-state index is 6.59. The number of rotatable bonds is 4. The highest BCUT2D eigenvalue weighted by Gasteiger charge is 2.19. The third kappa shape index (κ3) is 4.40. The first-order valence-electron chi connectivity index (χ1n) is 16.8. The van der Waals surface area contributed by atoms with Gasteiger partial charge in [0.1, 0.15) is 33.5 Å². The average molecular weight is 656 g/mol. The molecule has 4 aromatic heterocycles. The molecule has 11 rings (SSSR count). The molecular weight excluding hydrogens is 631 g/mol. The first-order chi connectivity index (χ1) is 25.2. The van der Waals surface area contributed by atoms with Crippen LogP contribution in [-0.4, -0.2) is 15.0 Å². The minimum absolute atomic E-state index is 0.531. The van der Waals surface area contributed by atoms with E-state index in [0.29, 0.717) is 17.5 Å². The van der Waals surface area contributed by atoms with Crippen molar-refractivity contribution in [3.8, 4) is 45.3 Å². The molecule has 6 nitrogen and oxygen atoms in total. The first-order valence-corrected chi connectivity index (χ1v) is 16.8. The second-order valence-electron chi connectivity index (χ2n) is 12.8. The topological polar surface area (TPSA) is 78.1 Å². The fraction of sp³-hybridized carbons (Fsp3) is 0. The Labute approximate surface area is 290 Å². The summed E-state index contributed by atoms with van der Waals surface area (Å²) in [7, 11) is 0. The summed E-state index contributed by atoms with van der Waals surface area (Å²) in [6.45, 7) is 0. The van der Waals surface area contributed by atoms with Gasteiger partial charge in [0, 0.05) is 43.4 Å². The molecule has 0 aliphatic rings. The van der Waals surface area contributed by atoms with Crippen molar-refractivity contribution in [3.63, 3.8) is 0 Å². The molecule has 0 fully saturated rings. The molecule has 0 unspecified atom stereocenters. The summed E-state index contributed by atoms with van der Waals surface area (Å²) in [6, 6.07) is 51.2. The van der Waals surface area contributed by atoms with Crippen molar-refractivity contribution < 1.29 is 13.3 Å². The van der Waals surface area contributed by atoms with E-state index in [9.17, 15) is 0 Å². The summed E-state index contributed by atoms with van der Waals surface area (Å²) in [4.78, 5) is 15.0. The Hall–Kier alpha value is -7.05. The molecule has 238 valence electrons. The van der Waals surface area contributed by atoms with Gasteiger partial charge in [-0.25, -0.2) is 15.0 Å². The van der Waals surface area contributed by atoms with E-state index < -0.39 is 0 Å². The smallest absolute Gasteiger partial charge is 0.167 e. The number of para-hydroxylation sites is 3. The molecule has 51 heavy (non-hydrogen) atoms. The van der Waals surface area contributed by atoms with Crippen molar-refractivity contribution in [3.05, 3.63) is 152 Å². The summed E-state index contributed by atoms with van der Waals surface area (Å²) in [5.74, 6) is 1.66. The highest BCUT2D eigenvalue weighted by molar-refractivity contribution is 6.11. The van der Waals surface area contributed by atoms with E-state index in [1.54, 1.807) is 0 Å². The van der Waals surface area contributed by atoms with Crippen LogP contribution in [0.3, 0.4) is 0 Å². The van der Waals surface area contributed by atoms with Gasteiger partial charge in [-0.3, -0.25) is 0 Å². The summed E-state index contributed by atoms with van der Waals surface area (Å²) >= 11 is 0. The van der Waals surface area contributed by atoms with Gasteiger partial charge in [0.05, 0.1) is 5.56 Å². The fourth-order valence-corrected chi connectivity index (χ4v) is 7.27. The van der Waals surface area contributed by atoms with E-state index in [1.165, 1.54) is 0 Å². The Balaban J connectivity index is 1.06. The second kappa shape index (κ2) is 10.7. The first kappa shape index (κ1) is 27.9. The SMILES string of the molecule is c1ccc(-c2nc(-c3ccc4c(c3)oc3ccccc34)nc(-c3cccc4c3oc3ccc(-c5ccc6c(c5)oc5ccccc56)cc34)n2)cc1. The van der Waals surface area contributed by atoms with Crippen LogP contribution in [0.15, 0.2) is 165 Å². The highest BCUT2D eigenvalue weighted by Crippen LogP contribution is 2.39. The molecule has 4 heterocycles. The predicted octanol–water partition coefficient (Wildman–Crippen LogP) is 12.2. The van der Waals surface area contributed by atoms with Crippen molar-refractivity contribution in [1.82, 2.24) is 15.0 Å². The Morgan fingerprint density at radius 2 is 0.824 bits per heavy atom. The number of hydrogen-bond donors (Lipinski definition) is 0. The van der Waals surface area contributed by atoms with Gasteiger partial charge in [-0.05, 0) is 65.7 Å². The van der Waals surface area contributed by atoms with Gasteiger partial charge in [0.15, 0.2) is 17.5 Å². The number of fused-ring (bicyclic) bond motifs is 9. The number of nitrogens with zero attached hydrogens (tertiary/aromatic N) is 3. The van der Waals surface area contributed by atoms with E-state index in [1.807, 2.05) is 97.1 Å². The zero-order chi connectivity index (χ0) is 33.5. The number of hydrogen-bond acceptors (Lipinski definition) is 6. The van der Waals surface area contributed by atoms with Crippen LogP contribution in [0, 0.1) is 0 Å². The van der Waals surface area contributed by atoms with Crippen LogP contribution >= 0.6 is 0 Å². The molecule has 0 spiro atoms. The van der Waals surface area contributed by atoms with E-state index in [0.717, 1.165) is 93.6 Å². The standard InChI is InChI=1S/C45H25N3O3/c1-2-9-26(10-3-1)43-46-44(29-18-21-33-31-12-5-7-16-38(31)50-41(33)25-29)48-45(47-43)35-14-8-13-34-36-23-27(19-22-39(36)51-42(34)35)28-17-20-32-30-11-4-6-15-37(30)49-40(32)24-28/h1-25H.